The number of fused-ring (bicyclic) bond motifs is 1. The van der Waals surface area contributed by atoms with E-state index >= 15 is 0 Å². The number of hydrogen-bond donors (Lipinski definition) is 1. The van der Waals surface area contributed by atoms with Gasteiger partial charge in [-0.3, -0.25) is 14.9 Å². The summed E-state index contributed by atoms with van der Waals surface area (Å²) in [4.78, 5) is 36.1. The van der Waals surface area contributed by atoms with Gasteiger partial charge in [0.1, 0.15) is 6.04 Å². The molecular weight excluding hydrogens is 320 g/mol. The van der Waals surface area contributed by atoms with E-state index in [0.29, 0.717) is 23.2 Å². The number of nitrogens with zero attached hydrogens (tertiary/aromatic N) is 2. The lowest BCUT2D eigenvalue weighted by Crippen LogP contribution is -2.47. The molecule has 8 heteroatoms. The summed E-state index contributed by atoms with van der Waals surface area (Å²) in [6.45, 7) is 0.421. The van der Waals surface area contributed by atoms with Gasteiger partial charge in [0.05, 0.1) is 9.80 Å². The first kappa shape index (κ1) is 15.4. The molecule has 0 spiro atoms. The number of nitro groups is 1. The van der Waals surface area contributed by atoms with Crippen LogP contribution in [0.1, 0.15) is 28.9 Å². The molecule has 1 aliphatic rings. The van der Waals surface area contributed by atoms with E-state index < -0.39 is 16.9 Å². The molecule has 1 aliphatic heterocycles. The number of aliphatic carboxylic acids is 1. The van der Waals surface area contributed by atoms with Gasteiger partial charge >= 0.3 is 5.97 Å². The summed E-state index contributed by atoms with van der Waals surface area (Å²) in [5, 5.41) is 20.7. The topological polar surface area (TPSA) is 101 Å². The molecule has 2 heterocycles. The molecule has 1 aromatic carbocycles. The van der Waals surface area contributed by atoms with E-state index in [-0.39, 0.29) is 11.6 Å². The van der Waals surface area contributed by atoms with E-state index in [9.17, 15) is 24.8 Å². The number of hydrogen-bond acceptors (Lipinski definition) is 5. The maximum absolute atomic E-state index is 12.6. The van der Waals surface area contributed by atoms with E-state index in [1.807, 2.05) is 0 Å². The highest BCUT2D eigenvalue weighted by molar-refractivity contribution is 7.20. The number of carboxylic acids is 1. The van der Waals surface area contributed by atoms with Crippen LogP contribution in [0, 0.1) is 10.1 Å². The second-order valence-corrected chi connectivity index (χ2v) is 6.52. The Kier molecular flexibility index (Phi) is 3.99. The van der Waals surface area contributed by atoms with Crippen molar-refractivity contribution >= 4 is 39.0 Å². The lowest BCUT2D eigenvalue weighted by molar-refractivity contribution is -0.384. The van der Waals surface area contributed by atoms with E-state index in [1.54, 1.807) is 12.1 Å². The van der Waals surface area contributed by atoms with Crippen molar-refractivity contribution in [2.45, 2.75) is 25.3 Å². The average Bonchev–Trinajstić information content (AvgIpc) is 2.97. The Labute approximate surface area is 135 Å². The molecule has 1 amide bonds. The summed E-state index contributed by atoms with van der Waals surface area (Å²) in [7, 11) is 0. The highest BCUT2D eigenvalue weighted by atomic mass is 32.1. The Morgan fingerprint density at radius 3 is 2.78 bits per heavy atom. The first-order chi connectivity index (χ1) is 11.0. The third-order valence-electron chi connectivity index (χ3n) is 3.97. The largest absolute Gasteiger partial charge is 0.480 e. The Morgan fingerprint density at radius 2 is 2.09 bits per heavy atom. The van der Waals surface area contributed by atoms with Gasteiger partial charge in [-0.2, -0.15) is 0 Å². The summed E-state index contributed by atoms with van der Waals surface area (Å²) in [6, 6.07) is 5.24. The molecule has 0 unspecified atom stereocenters. The molecule has 1 N–H and O–H groups in total. The predicted molar refractivity (Wildman–Crippen MR) is 84.8 cm³/mol. The number of carbonyl (C=O) groups is 2. The summed E-state index contributed by atoms with van der Waals surface area (Å²) in [5.74, 6) is -1.31. The van der Waals surface area contributed by atoms with E-state index in [1.165, 1.54) is 28.4 Å². The molecule has 1 aromatic heterocycles. The number of thiophene rings is 1. The summed E-state index contributed by atoms with van der Waals surface area (Å²) in [6.07, 6.45) is 2.03. The summed E-state index contributed by atoms with van der Waals surface area (Å²) < 4.78 is 0.767. The van der Waals surface area contributed by atoms with Gasteiger partial charge in [-0.15, -0.1) is 11.3 Å². The molecule has 0 radical (unpaired) electrons. The van der Waals surface area contributed by atoms with Gasteiger partial charge in [-0.05, 0) is 31.4 Å². The molecule has 1 atom stereocenters. The van der Waals surface area contributed by atoms with Gasteiger partial charge < -0.3 is 10.0 Å². The number of carboxylic acid groups (broad SMARTS) is 1. The molecule has 0 aliphatic carbocycles. The first-order valence-corrected chi connectivity index (χ1v) is 8.01. The van der Waals surface area contributed by atoms with Crippen LogP contribution in [0.4, 0.5) is 5.69 Å². The SMILES string of the molecule is O=C(O)[C@H]1CCCCN1C(=O)c1cc2cc([N+](=O)[O-])ccc2s1. The zero-order valence-corrected chi connectivity index (χ0v) is 12.9. The van der Waals surface area contributed by atoms with Crippen LogP contribution in [-0.4, -0.2) is 39.4 Å². The van der Waals surface area contributed by atoms with Gasteiger partial charge in [0, 0.05) is 28.8 Å². The number of nitro benzene ring substituents is 1. The van der Waals surface area contributed by atoms with Crippen LogP contribution < -0.4 is 0 Å². The molecule has 1 fully saturated rings. The van der Waals surface area contributed by atoms with E-state index in [4.69, 9.17) is 0 Å². The minimum absolute atomic E-state index is 0.0318. The van der Waals surface area contributed by atoms with Crippen LogP contribution in [0.3, 0.4) is 0 Å². The number of non-ortho nitro benzene ring substituents is 1. The van der Waals surface area contributed by atoms with Crippen molar-refractivity contribution in [1.82, 2.24) is 4.90 Å². The fourth-order valence-corrected chi connectivity index (χ4v) is 3.82. The minimum Gasteiger partial charge on any atom is -0.480 e. The van der Waals surface area contributed by atoms with Crippen LogP contribution >= 0.6 is 11.3 Å². The molecule has 0 bridgehead atoms. The number of amides is 1. The number of rotatable bonds is 3. The van der Waals surface area contributed by atoms with Crippen LogP contribution in [0.25, 0.3) is 10.1 Å². The van der Waals surface area contributed by atoms with Gasteiger partial charge in [-0.25, -0.2) is 4.79 Å². The van der Waals surface area contributed by atoms with Gasteiger partial charge in [0.15, 0.2) is 0 Å². The van der Waals surface area contributed by atoms with Crippen molar-refractivity contribution < 1.29 is 19.6 Å². The molecule has 0 saturated carbocycles. The highest BCUT2D eigenvalue weighted by Crippen LogP contribution is 2.31. The monoisotopic (exact) mass is 334 g/mol. The Hall–Kier alpha value is -2.48. The van der Waals surface area contributed by atoms with Gasteiger partial charge in [-0.1, -0.05) is 0 Å². The van der Waals surface area contributed by atoms with Crippen LogP contribution in [-0.2, 0) is 4.79 Å². The first-order valence-electron chi connectivity index (χ1n) is 7.19. The zero-order valence-electron chi connectivity index (χ0n) is 12.1. The molecule has 3 rings (SSSR count). The number of likely N-dealkylation sites (tertiary alicyclic amines) is 1. The standard InChI is InChI=1S/C15H14N2O5S/c18-14(16-6-2-1-3-11(16)15(19)20)13-8-9-7-10(17(21)22)4-5-12(9)23-13/h4-5,7-8,11H,1-3,6H2,(H,19,20)/t11-/m1/s1. The fourth-order valence-electron chi connectivity index (χ4n) is 2.82. The lowest BCUT2D eigenvalue weighted by Gasteiger charge is -2.32. The van der Waals surface area contributed by atoms with Crippen molar-refractivity contribution in [3.63, 3.8) is 0 Å². The number of piperidine rings is 1. The number of benzene rings is 1. The number of carbonyl (C=O) groups excluding carboxylic acids is 1. The summed E-state index contributed by atoms with van der Waals surface area (Å²) in [5.41, 5.74) is -0.0318. The Bertz CT molecular complexity index is 800. The lowest BCUT2D eigenvalue weighted by atomic mass is 10.0. The quantitative estimate of drug-likeness (QED) is 0.687. The highest BCUT2D eigenvalue weighted by Gasteiger charge is 2.33. The third-order valence-corrected chi connectivity index (χ3v) is 5.07. The van der Waals surface area contributed by atoms with E-state index in [0.717, 1.165) is 17.5 Å². The van der Waals surface area contributed by atoms with Crippen molar-refractivity contribution in [3.05, 3.63) is 39.3 Å². The second kappa shape index (κ2) is 5.96. The Balaban J connectivity index is 1.93. The van der Waals surface area contributed by atoms with Crippen LogP contribution in [0.2, 0.25) is 0 Å². The van der Waals surface area contributed by atoms with Crippen LogP contribution in [0.15, 0.2) is 24.3 Å². The summed E-state index contributed by atoms with van der Waals surface area (Å²) >= 11 is 1.23. The molecule has 2 aromatic rings. The van der Waals surface area contributed by atoms with Gasteiger partial charge in [0.2, 0.25) is 0 Å². The maximum atomic E-state index is 12.6. The minimum atomic E-state index is -0.991. The van der Waals surface area contributed by atoms with Crippen molar-refractivity contribution in [2.24, 2.45) is 0 Å². The maximum Gasteiger partial charge on any atom is 0.326 e. The molecule has 7 nitrogen and oxygen atoms in total. The van der Waals surface area contributed by atoms with Crippen molar-refractivity contribution in [2.75, 3.05) is 6.54 Å². The smallest absolute Gasteiger partial charge is 0.326 e. The predicted octanol–water partition coefficient (Wildman–Crippen LogP) is 2.89. The van der Waals surface area contributed by atoms with Crippen molar-refractivity contribution in [3.8, 4) is 0 Å². The Morgan fingerprint density at radius 1 is 1.30 bits per heavy atom. The molecule has 23 heavy (non-hydrogen) atoms. The molecule has 120 valence electrons. The molecular formula is C15H14N2O5S. The normalized spacial score (nSPS) is 18.1. The van der Waals surface area contributed by atoms with Crippen molar-refractivity contribution in [1.29, 1.82) is 0 Å². The third kappa shape index (κ3) is 2.89. The average molecular weight is 334 g/mol. The fraction of sp³-hybridized carbons (Fsp3) is 0.333. The zero-order chi connectivity index (χ0) is 16.6. The van der Waals surface area contributed by atoms with E-state index in [2.05, 4.69) is 0 Å². The van der Waals surface area contributed by atoms with Crippen LogP contribution in [0.5, 0.6) is 0 Å². The molecule has 1 saturated heterocycles. The van der Waals surface area contributed by atoms with Gasteiger partial charge in [0.25, 0.3) is 11.6 Å². The second-order valence-electron chi connectivity index (χ2n) is 5.44.